The lowest BCUT2D eigenvalue weighted by atomic mass is 10.1. The zero-order valence-corrected chi connectivity index (χ0v) is 14.0. The third-order valence-electron chi connectivity index (χ3n) is 3.67. The number of rotatable bonds is 7. The Bertz CT molecular complexity index is 697. The van der Waals surface area contributed by atoms with Crippen molar-refractivity contribution in [3.63, 3.8) is 0 Å². The lowest BCUT2D eigenvalue weighted by Gasteiger charge is -2.14. The number of hydrogen-bond acceptors (Lipinski definition) is 2. The second kappa shape index (κ2) is 8.55. The van der Waals surface area contributed by atoms with Crippen LogP contribution in [0.2, 0.25) is 0 Å². The number of benzene rings is 2. The van der Waals surface area contributed by atoms with Gasteiger partial charge in [0.15, 0.2) is 0 Å². The first-order valence-electron chi connectivity index (χ1n) is 8.08. The summed E-state index contributed by atoms with van der Waals surface area (Å²) < 4.78 is 37.0. The molecule has 1 amide bonds. The molecular formula is C19H21F3N2O. The largest absolute Gasteiger partial charge is 0.405 e. The molecule has 0 aromatic heterocycles. The molecule has 6 heteroatoms. The van der Waals surface area contributed by atoms with Crippen LogP contribution in [0.1, 0.15) is 24.0 Å². The zero-order valence-electron chi connectivity index (χ0n) is 14.0. The second-order valence-corrected chi connectivity index (χ2v) is 5.90. The summed E-state index contributed by atoms with van der Waals surface area (Å²) >= 11 is 0. The molecular weight excluding hydrogens is 329 g/mol. The van der Waals surface area contributed by atoms with E-state index in [1.54, 1.807) is 18.2 Å². The molecule has 25 heavy (non-hydrogen) atoms. The minimum absolute atomic E-state index is 0.214. The Morgan fingerprint density at radius 2 is 1.64 bits per heavy atom. The molecule has 0 aliphatic rings. The van der Waals surface area contributed by atoms with Gasteiger partial charge in [-0.05, 0) is 37.5 Å². The number of para-hydroxylation sites is 2. The van der Waals surface area contributed by atoms with Gasteiger partial charge in [-0.3, -0.25) is 4.79 Å². The molecule has 0 radical (unpaired) electrons. The fourth-order valence-corrected chi connectivity index (χ4v) is 2.36. The number of anilines is 2. The molecule has 2 aromatic carbocycles. The van der Waals surface area contributed by atoms with Gasteiger partial charge in [0.25, 0.3) is 0 Å². The Morgan fingerprint density at radius 3 is 2.28 bits per heavy atom. The van der Waals surface area contributed by atoms with Crippen LogP contribution in [0, 0.1) is 6.92 Å². The average Bonchev–Trinajstić information content (AvgIpc) is 2.55. The molecule has 0 atom stereocenters. The third kappa shape index (κ3) is 6.87. The van der Waals surface area contributed by atoms with Crippen molar-refractivity contribution in [1.29, 1.82) is 0 Å². The van der Waals surface area contributed by atoms with Crippen LogP contribution in [0.25, 0.3) is 0 Å². The van der Waals surface area contributed by atoms with E-state index in [9.17, 15) is 18.0 Å². The van der Waals surface area contributed by atoms with Crippen LogP contribution in [-0.2, 0) is 11.2 Å². The number of aryl methyl sites for hydroxylation is 2. The Balaban J connectivity index is 1.84. The maximum Gasteiger partial charge on any atom is 0.405 e. The summed E-state index contributed by atoms with van der Waals surface area (Å²) in [4.78, 5) is 12.0. The maximum absolute atomic E-state index is 12.3. The van der Waals surface area contributed by atoms with Crippen molar-refractivity contribution in [2.75, 3.05) is 17.2 Å². The molecule has 0 unspecified atom stereocenters. The number of amides is 1. The summed E-state index contributed by atoms with van der Waals surface area (Å²) in [7, 11) is 0. The van der Waals surface area contributed by atoms with Gasteiger partial charge in [0.2, 0.25) is 5.91 Å². The molecule has 0 aliphatic carbocycles. The van der Waals surface area contributed by atoms with Crippen molar-refractivity contribution in [3.8, 4) is 0 Å². The van der Waals surface area contributed by atoms with Gasteiger partial charge in [0, 0.05) is 6.42 Å². The molecule has 0 saturated heterocycles. The predicted octanol–water partition coefficient (Wildman–Crippen LogP) is 4.93. The van der Waals surface area contributed by atoms with Crippen LogP contribution < -0.4 is 10.6 Å². The normalized spacial score (nSPS) is 11.2. The lowest BCUT2D eigenvalue weighted by molar-refractivity contribution is -0.116. The van der Waals surface area contributed by atoms with Gasteiger partial charge in [0.05, 0.1) is 11.4 Å². The highest BCUT2D eigenvalue weighted by Crippen LogP contribution is 2.24. The van der Waals surface area contributed by atoms with Crippen molar-refractivity contribution in [2.24, 2.45) is 0 Å². The Kier molecular flexibility index (Phi) is 6.44. The number of carbonyl (C=O) groups is 1. The summed E-state index contributed by atoms with van der Waals surface area (Å²) in [5.74, 6) is -0.214. The van der Waals surface area contributed by atoms with E-state index in [2.05, 4.69) is 10.6 Å². The van der Waals surface area contributed by atoms with E-state index in [-0.39, 0.29) is 11.6 Å². The third-order valence-corrected chi connectivity index (χ3v) is 3.67. The van der Waals surface area contributed by atoms with Crippen LogP contribution in [0.5, 0.6) is 0 Å². The molecule has 0 bridgehead atoms. The first-order chi connectivity index (χ1) is 11.8. The summed E-state index contributed by atoms with van der Waals surface area (Å²) in [6.45, 7) is 0.870. The quantitative estimate of drug-likeness (QED) is 0.743. The topological polar surface area (TPSA) is 41.1 Å². The van der Waals surface area contributed by atoms with E-state index in [1.165, 1.54) is 11.6 Å². The van der Waals surface area contributed by atoms with Gasteiger partial charge in [0.1, 0.15) is 6.54 Å². The molecule has 3 nitrogen and oxygen atoms in total. The Labute approximate surface area is 145 Å². The number of nitrogens with one attached hydrogen (secondary N) is 2. The minimum Gasteiger partial charge on any atom is -0.375 e. The first kappa shape index (κ1) is 18.8. The summed E-state index contributed by atoms with van der Waals surface area (Å²) in [6.07, 6.45) is -2.55. The highest BCUT2D eigenvalue weighted by atomic mass is 19.4. The molecule has 0 aliphatic heterocycles. The van der Waals surface area contributed by atoms with Crippen molar-refractivity contribution in [2.45, 2.75) is 32.4 Å². The van der Waals surface area contributed by atoms with Crippen LogP contribution in [0.15, 0.2) is 48.5 Å². The van der Waals surface area contributed by atoms with Crippen LogP contribution in [0.3, 0.4) is 0 Å². The highest BCUT2D eigenvalue weighted by molar-refractivity contribution is 5.94. The van der Waals surface area contributed by atoms with E-state index in [1.807, 2.05) is 31.2 Å². The molecule has 134 valence electrons. The second-order valence-electron chi connectivity index (χ2n) is 5.90. The van der Waals surface area contributed by atoms with Crippen molar-refractivity contribution < 1.29 is 18.0 Å². The SMILES string of the molecule is Cc1ccc(CCCC(=O)Nc2ccccc2NCC(F)(F)F)cc1. The van der Waals surface area contributed by atoms with Crippen LogP contribution in [-0.4, -0.2) is 18.6 Å². The van der Waals surface area contributed by atoms with Gasteiger partial charge in [-0.2, -0.15) is 13.2 Å². The van der Waals surface area contributed by atoms with Gasteiger partial charge in [-0.1, -0.05) is 42.0 Å². The number of carbonyl (C=O) groups excluding carboxylic acids is 1. The summed E-state index contributed by atoms with van der Waals surface area (Å²) in [6, 6.07) is 14.5. The Morgan fingerprint density at radius 1 is 1.00 bits per heavy atom. The van der Waals surface area contributed by atoms with E-state index >= 15 is 0 Å². The van der Waals surface area contributed by atoms with E-state index in [0.717, 1.165) is 12.0 Å². The highest BCUT2D eigenvalue weighted by Gasteiger charge is 2.27. The molecule has 0 saturated carbocycles. The van der Waals surface area contributed by atoms with Crippen molar-refractivity contribution in [1.82, 2.24) is 0 Å². The van der Waals surface area contributed by atoms with E-state index in [4.69, 9.17) is 0 Å². The maximum atomic E-state index is 12.3. The van der Waals surface area contributed by atoms with E-state index < -0.39 is 12.7 Å². The lowest BCUT2D eigenvalue weighted by Crippen LogP contribution is -2.22. The smallest absolute Gasteiger partial charge is 0.375 e. The van der Waals surface area contributed by atoms with Gasteiger partial charge < -0.3 is 10.6 Å². The Hall–Kier alpha value is -2.50. The number of alkyl halides is 3. The zero-order chi connectivity index (χ0) is 18.3. The van der Waals surface area contributed by atoms with Gasteiger partial charge in [-0.15, -0.1) is 0 Å². The fraction of sp³-hybridized carbons (Fsp3) is 0.316. The standard InChI is InChI=1S/C19H21F3N2O/c1-14-9-11-15(12-10-14)5-4-8-18(25)24-17-7-3-2-6-16(17)23-13-19(20,21)22/h2-3,6-7,9-12,23H,4-5,8,13H2,1H3,(H,24,25). The first-order valence-corrected chi connectivity index (χ1v) is 8.08. The molecule has 0 spiro atoms. The minimum atomic E-state index is -4.31. The monoisotopic (exact) mass is 350 g/mol. The molecule has 2 rings (SSSR count). The summed E-state index contributed by atoms with van der Waals surface area (Å²) in [5.41, 5.74) is 2.95. The van der Waals surface area contributed by atoms with Crippen LogP contribution >= 0.6 is 0 Å². The van der Waals surface area contributed by atoms with Gasteiger partial charge in [-0.25, -0.2) is 0 Å². The van der Waals surface area contributed by atoms with Crippen molar-refractivity contribution >= 4 is 17.3 Å². The van der Waals surface area contributed by atoms with Crippen LogP contribution in [0.4, 0.5) is 24.5 Å². The fourth-order valence-electron chi connectivity index (χ4n) is 2.36. The van der Waals surface area contributed by atoms with E-state index in [0.29, 0.717) is 18.5 Å². The van der Waals surface area contributed by atoms with Crippen molar-refractivity contribution in [3.05, 3.63) is 59.7 Å². The average molecular weight is 350 g/mol. The number of hydrogen-bond donors (Lipinski definition) is 2. The molecule has 0 heterocycles. The molecule has 0 fully saturated rings. The molecule has 2 aromatic rings. The van der Waals surface area contributed by atoms with Gasteiger partial charge >= 0.3 is 6.18 Å². The molecule has 2 N–H and O–H groups in total. The number of halogens is 3. The summed E-state index contributed by atoms with van der Waals surface area (Å²) in [5, 5.41) is 4.98. The predicted molar refractivity (Wildman–Crippen MR) is 93.7 cm³/mol.